The summed E-state index contributed by atoms with van der Waals surface area (Å²) in [6.45, 7) is 3.06. The molecule has 1 fully saturated rings. The number of nitrogens with one attached hydrogen (secondary N) is 2. The minimum absolute atomic E-state index is 0.0505. The Hall–Kier alpha value is -2.62. The molecule has 29 heavy (non-hydrogen) atoms. The van der Waals surface area contributed by atoms with Crippen LogP contribution < -0.4 is 10.0 Å². The zero-order valence-electron chi connectivity index (χ0n) is 16.6. The Bertz CT molecular complexity index is 830. The fraction of sp³-hybridized carbons (Fsp3) is 0.526. The number of anilines is 1. The zero-order valence-corrected chi connectivity index (χ0v) is 17.5. The molecular weight excluding hydrogens is 398 g/mol. The standard InChI is InChI=1S/C19H27N3O6S/c1-3-28-18(24)9-8-17(23)22-12-10-15(11-13-22)20-19(25)14-4-6-16(7-5-14)21-29(2,26)27/h4-7,15,21H,3,8-13H2,1-2H3,(H,20,25). The number of carbonyl (C=O) groups is 3. The van der Waals surface area contributed by atoms with E-state index in [2.05, 4.69) is 10.0 Å². The minimum atomic E-state index is -3.37. The molecular formula is C19H27N3O6S. The van der Waals surface area contributed by atoms with E-state index in [9.17, 15) is 22.8 Å². The molecule has 1 saturated heterocycles. The van der Waals surface area contributed by atoms with Crippen LogP contribution in [0.4, 0.5) is 5.69 Å². The van der Waals surface area contributed by atoms with Gasteiger partial charge in [-0.2, -0.15) is 0 Å². The third-order valence-corrected chi connectivity index (χ3v) is 5.09. The molecule has 0 spiro atoms. The summed E-state index contributed by atoms with van der Waals surface area (Å²) in [4.78, 5) is 37.6. The number of ether oxygens (including phenoxy) is 1. The lowest BCUT2D eigenvalue weighted by Crippen LogP contribution is -2.46. The molecule has 1 heterocycles. The van der Waals surface area contributed by atoms with E-state index in [-0.39, 0.29) is 36.7 Å². The number of likely N-dealkylation sites (tertiary alicyclic amines) is 1. The SMILES string of the molecule is CCOC(=O)CCC(=O)N1CCC(NC(=O)c2ccc(NS(C)(=O)=O)cc2)CC1. The van der Waals surface area contributed by atoms with Crippen molar-refractivity contribution in [3.8, 4) is 0 Å². The second-order valence-corrected chi connectivity index (χ2v) is 8.63. The molecule has 9 nitrogen and oxygen atoms in total. The highest BCUT2D eigenvalue weighted by atomic mass is 32.2. The van der Waals surface area contributed by atoms with E-state index >= 15 is 0 Å². The first-order valence-electron chi connectivity index (χ1n) is 9.50. The maximum absolute atomic E-state index is 12.4. The molecule has 0 unspecified atom stereocenters. The van der Waals surface area contributed by atoms with Crippen molar-refractivity contribution in [3.05, 3.63) is 29.8 Å². The van der Waals surface area contributed by atoms with Gasteiger partial charge in [-0.1, -0.05) is 0 Å². The first kappa shape index (κ1) is 22.7. The Kier molecular flexibility index (Phi) is 8.00. The van der Waals surface area contributed by atoms with Gasteiger partial charge >= 0.3 is 5.97 Å². The summed E-state index contributed by atoms with van der Waals surface area (Å²) in [5.41, 5.74) is 0.815. The predicted molar refractivity (Wildman–Crippen MR) is 108 cm³/mol. The Morgan fingerprint density at radius 3 is 2.28 bits per heavy atom. The number of benzene rings is 1. The number of sulfonamides is 1. The molecule has 1 aromatic rings. The summed E-state index contributed by atoms with van der Waals surface area (Å²) in [6, 6.07) is 6.11. The Morgan fingerprint density at radius 1 is 1.10 bits per heavy atom. The van der Waals surface area contributed by atoms with Crippen LogP contribution in [0.25, 0.3) is 0 Å². The van der Waals surface area contributed by atoms with Crippen LogP contribution >= 0.6 is 0 Å². The van der Waals surface area contributed by atoms with Gasteiger partial charge < -0.3 is 15.0 Å². The van der Waals surface area contributed by atoms with Gasteiger partial charge in [0.1, 0.15) is 0 Å². The van der Waals surface area contributed by atoms with Crippen molar-refractivity contribution in [2.45, 2.75) is 38.6 Å². The molecule has 1 aliphatic heterocycles. The van der Waals surface area contributed by atoms with Crippen molar-refractivity contribution in [1.82, 2.24) is 10.2 Å². The Labute approximate surface area is 170 Å². The van der Waals surface area contributed by atoms with E-state index in [1.807, 2.05) is 0 Å². The number of esters is 1. The number of amides is 2. The molecule has 0 atom stereocenters. The summed E-state index contributed by atoms with van der Waals surface area (Å²) in [5, 5.41) is 2.94. The highest BCUT2D eigenvalue weighted by Gasteiger charge is 2.24. The topological polar surface area (TPSA) is 122 Å². The van der Waals surface area contributed by atoms with Crippen molar-refractivity contribution in [3.63, 3.8) is 0 Å². The lowest BCUT2D eigenvalue weighted by atomic mass is 10.0. The van der Waals surface area contributed by atoms with Gasteiger partial charge in [0.15, 0.2) is 0 Å². The van der Waals surface area contributed by atoms with E-state index in [4.69, 9.17) is 4.74 Å². The third-order valence-electron chi connectivity index (χ3n) is 4.48. The number of nitrogens with zero attached hydrogens (tertiary/aromatic N) is 1. The first-order valence-corrected chi connectivity index (χ1v) is 11.4. The summed E-state index contributed by atoms with van der Waals surface area (Å²) in [7, 11) is -3.37. The van der Waals surface area contributed by atoms with Crippen LogP contribution in [0.5, 0.6) is 0 Å². The number of hydrogen-bond acceptors (Lipinski definition) is 6. The quantitative estimate of drug-likeness (QED) is 0.602. The van der Waals surface area contributed by atoms with Gasteiger partial charge in [-0.3, -0.25) is 19.1 Å². The van der Waals surface area contributed by atoms with Crippen molar-refractivity contribution < 1.29 is 27.5 Å². The van der Waals surface area contributed by atoms with Crippen LogP contribution in [0.2, 0.25) is 0 Å². The van der Waals surface area contributed by atoms with E-state index in [1.165, 1.54) is 12.1 Å². The van der Waals surface area contributed by atoms with Crippen molar-refractivity contribution in [1.29, 1.82) is 0 Å². The van der Waals surface area contributed by atoms with E-state index in [0.29, 0.717) is 43.8 Å². The molecule has 1 aromatic carbocycles. The van der Waals surface area contributed by atoms with Gasteiger partial charge in [0.2, 0.25) is 15.9 Å². The number of hydrogen-bond donors (Lipinski definition) is 2. The van der Waals surface area contributed by atoms with Crippen molar-refractivity contribution in [2.75, 3.05) is 30.7 Å². The monoisotopic (exact) mass is 425 g/mol. The van der Waals surface area contributed by atoms with E-state index < -0.39 is 10.0 Å². The maximum atomic E-state index is 12.4. The Balaban J connectivity index is 1.78. The summed E-state index contributed by atoms with van der Waals surface area (Å²) >= 11 is 0. The van der Waals surface area contributed by atoms with E-state index in [0.717, 1.165) is 6.26 Å². The van der Waals surface area contributed by atoms with Gasteiger partial charge in [-0.05, 0) is 44.0 Å². The van der Waals surface area contributed by atoms with Gasteiger partial charge in [0.25, 0.3) is 5.91 Å². The van der Waals surface area contributed by atoms with Crippen LogP contribution in [0.15, 0.2) is 24.3 Å². The highest BCUT2D eigenvalue weighted by Crippen LogP contribution is 2.15. The largest absolute Gasteiger partial charge is 0.466 e. The summed E-state index contributed by atoms with van der Waals surface area (Å²) in [6.07, 6.45) is 2.52. The molecule has 0 saturated carbocycles. The normalized spacial score (nSPS) is 14.9. The molecule has 2 N–H and O–H groups in total. The fourth-order valence-electron chi connectivity index (χ4n) is 3.05. The molecule has 10 heteroatoms. The summed E-state index contributed by atoms with van der Waals surface area (Å²) < 4.78 is 29.6. The zero-order chi connectivity index (χ0) is 21.4. The van der Waals surface area contributed by atoms with E-state index in [1.54, 1.807) is 24.0 Å². The highest BCUT2D eigenvalue weighted by molar-refractivity contribution is 7.92. The second kappa shape index (κ2) is 10.2. The number of piperidine rings is 1. The van der Waals surface area contributed by atoms with Gasteiger partial charge in [0.05, 0.1) is 19.3 Å². The Morgan fingerprint density at radius 2 is 1.72 bits per heavy atom. The molecule has 2 rings (SSSR count). The van der Waals surface area contributed by atoms with Crippen molar-refractivity contribution >= 4 is 33.5 Å². The molecule has 0 bridgehead atoms. The average Bonchev–Trinajstić information content (AvgIpc) is 2.66. The average molecular weight is 426 g/mol. The van der Waals surface area contributed by atoms with Crippen molar-refractivity contribution in [2.24, 2.45) is 0 Å². The van der Waals surface area contributed by atoms with Gasteiger partial charge in [0, 0.05) is 36.8 Å². The molecule has 0 radical (unpaired) electrons. The lowest BCUT2D eigenvalue weighted by Gasteiger charge is -2.32. The smallest absolute Gasteiger partial charge is 0.306 e. The number of rotatable bonds is 8. The molecule has 0 aromatic heterocycles. The number of carbonyl (C=O) groups excluding carboxylic acids is 3. The summed E-state index contributed by atoms with van der Waals surface area (Å²) in [5.74, 6) is -0.708. The van der Waals surface area contributed by atoms with Gasteiger partial charge in [-0.15, -0.1) is 0 Å². The second-order valence-electron chi connectivity index (χ2n) is 6.89. The molecule has 160 valence electrons. The lowest BCUT2D eigenvalue weighted by molar-refractivity contribution is -0.145. The first-order chi connectivity index (χ1) is 13.7. The van der Waals surface area contributed by atoms with Crippen LogP contribution in [-0.4, -0.2) is 63.1 Å². The predicted octanol–water partition coefficient (Wildman–Crippen LogP) is 1.12. The van der Waals surface area contributed by atoms with Crippen LogP contribution in [0, 0.1) is 0 Å². The van der Waals surface area contributed by atoms with Gasteiger partial charge in [-0.25, -0.2) is 8.42 Å². The van der Waals surface area contributed by atoms with Crippen LogP contribution in [0.3, 0.4) is 0 Å². The third kappa shape index (κ3) is 7.72. The minimum Gasteiger partial charge on any atom is -0.466 e. The maximum Gasteiger partial charge on any atom is 0.306 e. The van der Waals surface area contributed by atoms with Crippen LogP contribution in [-0.2, 0) is 24.3 Å². The van der Waals surface area contributed by atoms with Crippen LogP contribution in [0.1, 0.15) is 43.0 Å². The molecule has 2 amide bonds. The molecule has 1 aliphatic rings. The fourth-order valence-corrected chi connectivity index (χ4v) is 3.61. The molecule has 0 aliphatic carbocycles.